The molecule has 1 aliphatic heterocycles. The van der Waals surface area contributed by atoms with Gasteiger partial charge in [-0.05, 0) is 11.8 Å². The minimum Gasteiger partial charge on any atom is -0.391 e. The number of nitrogens with zero attached hydrogens (tertiary/aromatic N) is 1. The standard InChI is InChI=1S/C14H15NO2/c1-8-9(2)14-11(8)12(15-17-14)13(16)10-6-4-3-5-7-10/h3-9,11,14H,1-2H3/t8-,9+,11-,14-/m1/s1. The number of rotatable bonds is 2. The Morgan fingerprint density at radius 1 is 1.18 bits per heavy atom. The fourth-order valence-electron chi connectivity index (χ4n) is 2.78. The van der Waals surface area contributed by atoms with E-state index in [0.717, 1.165) is 0 Å². The summed E-state index contributed by atoms with van der Waals surface area (Å²) in [5.74, 6) is 1.17. The summed E-state index contributed by atoms with van der Waals surface area (Å²) >= 11 is 0. The predicted molar refractivity (Wildman–Crippen MR) is 64.9 cm³/mol. The van der Waals surface area contributed by atoms with E-state index < -0.39 is 0 Å². The number of benzene rings is 1. The molecule has 1 saturated carbocycles. The van der Waals surface area contributed by atoms with Crippen LogP contribution >= 0.6 is 0 Å². The lowest BCUT2D eigenvalue weighted by Gasteiger charge is -2.42. The zero-order chi connectivity index (χ0) is 12.0. The van der Waals surface area contributed by atoms with Gasteiger partial charge in [0.15, 0.2) is 0 Å². The third kappa shape index (κ3) is 1.42. The van der Waals surface area contributed by atoms with Gasteiger partial charge >= 0.3 is 0 Å². The van der Waals surface area contributed by atoms with Crippen LogP contribution in [0.4, 0.5) is 0 Å². The van der Waals surface area contributed by atoms with Gasteiger partial charge in [-0.15, -0.1) is 0 Å². The lowest BCUT2D eigenvalue weighted by molar-refractivity contribution is -0.0758. The van der Waals surface area contributed by atoms with E-state index in [2.05, 4.69) is 19.0 Å². The van der Waals surface area contributed by atoms with Gasteiger partial charge in [0.05, 0.1) is 5.92 Å². The average Bonchev–Trinajstić information content (AvgIpc) is 2.79. The largest absolute Gasteiger partial charge is 0.391 e. The number of hydrogen-bond acceptors (Lipinski definition) is 3. The Labute approximate surface area is 100 Å². The molecule has 3 nitrogen and oxygen atoms in total. The second-order valence-electron chi connectivity index (χ2n) is 4.99. The Balaban J connectivity index is 1.85. The molecule has 0 radical (unpaired) electrons. The lowest BCUT2D eigenvalue weighted by Crippen LogP contribution is -2.51. The zero-order valence-corrected chi connectivity index (χ0v) is 9.96. The lowest BCUT2D eigenvalue weighted by atomic mass is 9.62. The molecule has 0 N–H and O–H groups in total. The summed E-state index contributed by atoms with van der Waals surface area (Å²) in [5, 5.41) is 4.00. The normalized spacial score (nSPS) is 34.4. The monoisotopic (exact) mass is 229 g/mol. The first-order chi connectivity index (χ1) is 8.20. The Kier molecular flexibility index (Phi) is 2.28. The number of oxime groups is 1. The highest BCUT2D eigenvalue weighted by Gasteiger charge is 2.55. The van der Waals surface area contributed by atoms with Gasteiger partial charge in [0, 0.05) is 5.56 Å². The quantitative estimate of drug-likeness (QED) is 0.731. The number of carbonyl (C=O) groups is 1. The molecular weight excluding hydrogens is 214 g/mol. The molecular formula is C14H15NO2. The maximum atomic E-state index is 12.3. The predicted octanol–water partition coefficient (Wildman–Crippen LogP) is 2.53. The topological polar surface area (TPSA) is 38.7 Å². The first-order valence-corrected chi connectivity index (χ1v) is 6.03. The Morgan fingerprint density at radius 2 is 1.88 bits per heavy atom. The van der Waals surface area contributed by atoms with Crippen LogP contribution in [0.2, 0.25) is 0 Å². The van der Waals surface area contributed by atoms with Crippen LogP contribution in [0.5, 0.6) is 0 Å². The van der Waals surface area contributed by atoms with E-state index in [1.807, 2.05) is 30.3 Å². The van der Waals surface area contributed by atoms with Gasteiger partial charge in [-0.3, -0.25) is 4.79 Å². The molecule has 0 amide bonds. The molecule has 0 saturated heterocycles. The molecule has 0 unspecified atom stereocenters. The van der Waals surface area contributed by atoms with E-state index in [4.69, 9.17) is 4.84 Å². The Bertz CT molecular complexity index is 480. The maximum Gasteiger partial charge on any atom is 0.211 e. The maximum absolute atomic E-state index is 12.3. The first kappa shape index (κ1) is 10.5. The van der Waals surface area contributed by atoms with Crippen LogP contribution in [-0.4, -0.2) is 17.6 Å². The molecule has 2 aliphatic rings. The van der Waals surface area contributed by atoms with Crippen LogP contribution in [0.15, 0.2) is 35.5 Å². The van der Waals surface area contributed by atoms with Crippen molar-refractivity contribution in [2.75, 3.05) is 0 Å². The molecule has 1 heterocycles. The second kappa shape index (κ2) is 3.69. The van der Waals surface area contributed by atoms with E-state index in [9.17, 15) is 4.79 Å². The van der Waals surface area contributed by atoms with Crippen molar-refractivity contribution in [3.8, 4) is 0 Å². The van der Waals surface area contributed by atoms with Gasteiger partial charge < -0.3 is 4.84 Å². The van der Waals surface area contributed by atoms with E-state index in [0.29, 0.717) is 23.1 Å². The van der Waals surface area contributed by atoms with Crippen LogP contribution in [0.1, 0.15) is 24.2 Å². The Hall–Kier alpha value is -1.64. The molecule has 1 aromatic carbocycles. The number of fused-ring (bicyclic) bond motifs is 1. The molecule has 0 spiro atoms. The number of carbonyl (C=O) groups excluding carboxylic acids is 1. The van der Waals surface area contributed by atoms with Gasteiger partial charge in [-0.25, -0.2) is 0 Å². The van der Waals surface area contributed by atoms with Crippen molar-refractivity contribution in [2.45, 2.75) is 20.0 Å². The molecule has 1 aromatic rings. The van der Waals surface area contributed by atoms with Crippen LogP contribution in [-0.2, 0) is 4.84 Å². The summed E-state index contributed by atoms with van der Waals surface area (Å²) in [5.41, 5.74) is 1.30. The summed E-state index contributed by atoms with van der Waals surface area (Å²) in [6.45, 7) is 4.31. The molecule has 1 aliphatic carbocycles. The van der Waals surface area contributed by atoms with Gasteiger partial charge in [0.25, 0.3) is 0 Å². The fourth-order valence-corrected chi connectivity index (χ4v) is 2.78. The van der Waals surface area contributed by atoms with Gasteiger partial charge in [-0.2, -0.15) is 0 Å². The van der Waals surface area contributed by atoms with Gasteiger partial charge in [0.1, 0.15) is 11.8 Å². The van der Waals surface area contributed by atoms with Gasteiger partial charge in [-0.1, -0.05) is 49.3 Å². The molecule has 0 bridgehead atoms. The summed E-state index contributed by atoms with van der Waals surface area (Å²) in [7, 11) is 0. The molecule has 1 fully saturated rings. The van der Waals surface area contributed by atoms with Crippen molar-refractivity contribution in [3.63, 3.8) is 0 Å². The van der Waals surface area contributed by atoms with Crippen molar-refractivity contribution in [2.24, 2.45) is 22.9 Å². The van der Waals surface area contributed by atoms with Crippen molar-refractivity contribution in [1.29, 1.82) is 0 Å². The van der Waals surface area contributed by atoms with Crippen LogP contribution in [0, 0.1) is 17.8 Å². The summed E-state index contributed by atoms with van der Waals surface area (Å²) in [6.07, 6.45) is 0.118. The third-order valence-electron chi connectivity index (χ3n) is 4.13. The molecule has 17 heavy (non-hydrogen) atoms. The Morgan fingerprint density at radius 3 is 2.59 bits per heavy atom. The highest BCUT2D eigenvalue weighted by molar-refractivity contribution is 6.47. The van der Waals surface area contributed by atoms with Crippen LogP contribution in [0.25, 0.3) is 0 Å². The van der Waals surface area contributed by atoms with E-state index in [1.54, 1.807) is 0 Å². The minimum absolute atomic E-state index is 0.0110. The highest BCUT2D eigenvalue weighted by atomic mass is 16.6. The SMILES string of the molecule is C[C@@H]1[C@H](C)[C@H]2ON=C(C(=O)c3ccccc3)[C@@H]12. The zero-order valence-electron chi connectivity index (χ0n) is 9.96. The van der Waals surface area contributed by atoms with Crippen LogP contribution in [0.3, 0.4) is 0 Å². The van der Waals surface area contributed by atoms with Gasteiger partial charge in [0.2, 0.25) is 5.78 Å². The van der Waals surface area contributed by atoms with Crippen LogP contribution < -0.4 is 0 Å². The smallest absolute Gasteiger partial charge is 0.211 e. The van der Waals surface area contributed by atoms with Crippen molar-refractivity contribution in [3.05, 3.63) is 35.9 Å². The van der Waals surface area contributed by atoms with E-state index in [1.165, 1.54) is 0 Å². The summed E-state index contributed by atoms with van der Waals surface area (Å²) in [4.78, 5) is 17.6. The molecule has 88 valence electrons. The van der Waals surface area contributed by atoms with E-state index >= 15 is 0 Å². The number of ketones is 1. The highest BCUT2D eigenvalue weighted by Crippen LogP contribution is 2.46. The fraction of sp³-hybridized carbons (Fsp3) is 0.429. The average molecular weight is 229 g/mol. The molecule has 0 aromatic heterocycles. The summed E-state index contributed by atoms with van der Waals surface area (Å²) < 4.78 is 0. The minimum atomic E-state index is 0.0110. The summed E-state index contributed by atoms with van der Waals surface area (Å²) in [6, 6.07) is 9.29. The third-order valence-corrected chi connectivity index (χ3v) is 4.13. The molecule has 4 atom stereocenters. The van der Waals surface area contributed by atoms with E-state index in [-0.39, 0.29) is 17.8 Å². The van der Waals surface area contributed by atoms with Crippen molar-refractivity contribution >= 4 is 11.5 Å². The van der Waals surface area contributed by atoms with Crippen molar-refractivity contribution < 1.29 is 9.63 Å². The van der Waals surface area contributed by atoms with Crippen molar-refractivity contribution in [1.82, 2.24) is 0 Å². The molecule has 3 heteroatoms. The second-order valence-corrected chi connectivity index (χ2v) is 4.99. The number of Topliss-reactive ketones (excluding diaryl/α,β-unsaturated/α-hetero) is 1. The number of hydrogen-bond donors (Lipinski definition) is 0. The first-order valence-electron chi connectivity index (χ1n) is 6.03. The molecule has 3 rings (SSSR count).